The Bertz CT molecular complexity index is 1390. The molecule has 0 aliphatic carbocycles. The first kappa shape index (κ1) is 27.6. The summed E-state index contributed by atoms with van der Waals surface area (Å²) in [5, 5.41) is 6.13. The van der Waals surface area contributed by atoms with Gasteiger partial charge in [-0.05, 0) is 49.1 Å². The molecule has 0 saturated carbocycles. The van der Waals surface area contributed by atoms with Crippen molar-refractivity contribution in [1.29, 1.82) is 0 Å². The lowest BCUT2D eigenvalue weighted by Gasteiger charge is -2.18. The Morgan fingerprint density at radius 1 is 0.895 bits per heavy atom. The number of nitrogens with one attached hydrogen (secondary N) is 2. The smallest absolute Gasteiger partial charge is 0.244 e. The van der Waals surface area contributed by atoms with Crippen LogP contribution in [0.25, 0.3) is 11.3 Å². The zero-order chi connectivity index (χ0) is 27.3. The molecule has 5 nitrogen and oxygen atoms in total. The first-order valence-corrected chi connectivity index (χ1v) is 14.2. The third kappa shape index (κ3) is 7.55. The van der Waals surface area contributed by atoms with Gasteiger partial charge in [-0.2, -0.15) is 0 Å². The maximum Gasteiger partial charge on any atom is 0.244 e. The zero-order valence-electron chi connectivity index (χ0n) is 22.4. The van der Waals surface area contributed by atoms with Crippen LogP contribution in [0.4, 0.5) is 10.8 Å². The molecule has 2 N–H and O–H groups in total. The summed E-state index contributed by atoms with van der Waals surface area (Å²) in [6.07, 6.45) is 0.446. The van der Waals surface area contributed by atoms with Crippen molar-refractivity contribution in [3.05, 3.63) is 94.9 Å². The normalized spacial score (nSPS) is 12.1. The predicted octanol–water partition coefficient (Wildman–Crippen LogP) is 8.27. The second-order valence-corrected chi connectivity index (χ2v) is 12.9. The number of benzene rings is 3. The number of carbonyl (C=O) groups excluding carboxylic acids is 2. The van der Waals surface area contributed by atoms with Crippen molar-refractivity contribution in [1.82, 2.24) is 4.98 Å². The molecular formula is C31H33N3O2S2. The molecule has 196 valence electrons. The third-order valence-electron chi connectivity index (χ3n) is 5.78. The van der Waals surface area contributed by atoms with E-state index in [0.717, 1.165) is 32.3 Å². The van der Waals surface area contributed by atoms with Gasteiger partial charge in [0.25, 0.3) is 0 Å². The van der Waals surface area contributed by atoms with E-state index in [4.69, 9.17) is 4.98 Å². The summed E-state index contributed by atoms with van der Waals surface area (Å²) < 4.78 is 0. The lowest BCUT2D eigenvalue weighted by Crippen LogP contribution is -2.19. The fourth-order valence-corrected chi connectivity index (χ4v) is 5.80. The van der Waals surface area contributed by atoms with Gasteiger partial charge in [0.1, 0.15) is 5.25 Å². The number of thiazole rings is 1. The average molecular weight is 544 g/mol. The van der Waals surface area contributed by atoms with Crippen LogP contribution >= 0.6 is 23.1 Å². The van der Waals surface area contributed by atoms with Crippen molar-refractivity contribution in [3.8, 4) is 11.3 Å². The van der Waals surface area contributed by atoms with Crippen LogP contribution in [0.1, 0.15) is 48.4 Å². The lowest BCUT2D eigenvalue weighted by molar-refractivity contribution is -0.118. The summed E-state index contributed by atoms with van der Waals surface area (Å²) in [5.74, 6) is -0.142. The largest absolute Gasteiger partial charge is 0.326 e. The predicted molar refractivity (Wildman–Crippen MR) is 160 cm³/mol. The Balaban J connectivity index is 1.50. The average Bonchev–Trinajstić information content (AvgIpc) is 3.23. The molecule has 1 atom stereocenters. The Morgan fingerprint density at radius 3 is 2.18 bits per heavy atom. The van der Waals surface area contributed by atoms with E-state index in [9.17, 15) is 9.59 Å². The van der Waals surface area contributed by atoms with Crippen LogP contribution in [-0.4, -0.2) is 16.8 Å². The number of aryl methyl sites for hydroxylation is 2. The molecule has 2 amide bonds. The van der Waals surface area contributed by atoms with E-state index >= 15 is 0 Å². The van der Waals surface area contributed by atoms with Crippen LogP contribution in [0.15, 0.2) is 83.8 Å². The standard InChI is InChI=1S/C31H33N3O2S2/c1-20-11-13-22(14-12-20)27-21(2)37-30(33-27)34-29(36)28(23-9-7-6-8-10-23)38-25-17-15-24(16-18-25)32-26(35)19-31(3,4)5/h6-18,28H,19H2,1-5H3,(H,32,35)(H,33,34,36). The van der Waals surface area contributed by atoms with Gasteiger partial charge in [-0.3, -0.25) is 9.59 Å². The van der Waals surface area contributed by atoms with Crippen LogP contribution in [0.5, 0.6) is 0 Å². The minimum absolute atomic E-state index is 0.0109. The van der Waals surface area contributed by atoms with E-state index in [-0.39, 0.29) is 17.2 Å². The number of amides is 2. The number of nitrogens with zero attached hydrogens (tertiary/aromatic N) is 1. The quantitative estimate of drug-likeness (QED) is 0.219. The van der Waals surface area contributed by atoms with E-state index < -0.39 is 5.25 Å². The number of rotatable bonds is 8. The number of aromatic nitrogens is 1. The van der Waals surface area contributed by atoms with Crippen molar-refractivity contribution in [2.45, 2.75) is 51.2 Å². The molecule has 4 rings (SSSR count). The molecule has 0 aliphatic heterocycles. The fourth-order valence-electron chi connectivity index (χ4n) is 3.94. The van der Waals surface area contributed by atoms with E-state index in [1.165, 1.54) is 28.7 Å². The number of hydrogen-bond acceptors (Lipinski definition) is 5. The molecule has 4 aromatic rings. The van der Waals surface area contributed by atoms with Crippen molar-refractivity contribution >= 4 is 45.7 Å². The zero-order valence-corrected chi connectivity index (χ0v) is 24.0. The molecule has 1 aromatic heterocycles. The van der Waals surface area contributed by atoms with Crippen LogP contribution < -0.4 is 10.6 Å². The van der Waals surface area contributed by atoms with E-state index in [1.54, 1.807) is 0 Å². The fraction of sp³-hybridized carbons (Fsp3) is 0.258. The van der Waals surface area contributed by atoms with Gasteiger partial charge in [0.2, 0.25) is 11.8 Å². The maximum absolute atomic E-state index is 13.5. The second kappa shape index (κ2) is 12.0. The molecule has 0 fully saturated rings. The molecule has 0 spiro atoms. The van der Waals surface area contributed by atoms with Gasteiger partial charge in [-0.25, -0.2) is 4.98 Å². The summed E-state index contributed by atoms with van der Waals surface area (Å²) in [4.78, 5) is 32.6. The molecule has 0 aliphatic rings. The van der Waals surface area contributed by atoms with Gasteiger partial charge < -0.3 is 10.6 Å². The topological polar surface area (TPSA) is 71.1 Å². The van der Waals surface area contributed by atoms with Crippen LogP contribution in [0.3, 0.4) is 0 Å². The number of thioether (sulfide) groups is 1. The highest BCUT2D eigenvalue weighted by molar-refractivity contribution is 8.00. The Labute approximate surface area is 233 Å². The van der Waals surface area contributed by atoms with Gasteiger partial charge in [-0.15, -0.1) is 23.1 Å². The molecule has 0 radical (unpaired) electrons. The molecule has 1 heterocycles. The van der Waals surface area contributed by atoms with Gasteiger partial charge in [0, 0.05) is 27.4 Å². The maximum atomic E-state index is 13.5. The molecule has 1 unspecified atom stereocenters. The molecule has 0 saturated heterocycles. The number of hydrogen-bond donors (Lipinski definition) is 2. The molecule has 38 heavy (non-hydrogen) atoms. The molecular weight excluding hydrogens is 510 g/mol. The summed E-state index contributed by atoms with van der Waals surface area (Å²) in [6, 6.07) is 25.6. The summed E-state index contributed by atoms with van der Waals surface area (Å²) in [7, 11) is 0. The molecule has 3 aromatic carbocycles. The van der Waals surface area contributed by atoms with Crippen LogP contribution in [0.2, 0.25) is 0 Å². The minimum atomic E-state index is -0.468. The highest BCUT2D eigenvalue weighted by Crippen LogP contribution is 2.38. The van der Waals surface area contributed by atoms with Crippen molar-refractivity contribution in [3.63, 3.8) is 0 Å². The van der Waals surface area contributed by atoms with E-state index in [1.807, 2.05) is 82.3 Å². The van der Waals surface area contributed by atoms with Gasteiger partial charge in [0.15, 0.2) is 5.13 Å². The van der Waals surface area contributed by atoms with E-state index in [0.29, 0.717) is 11.6 Å². The highest BCUT2D eigenvalue weighted by Gasteiger charge is 2.24. The van der Waals surface area contributed by atoms with Crippen LogP contribution in [0, 0.1) is 19.3 Å². The lowest BCUT2D eigenvalue weighted by atomic mass is 9.92. The second-order valence-electron chi connectivity index (χ2n) is 10.5. The number of carbonyl (C=O) groups is 2. The number of anilines is 2. The Morgan fingerprint density at radius 2 is 1.55 bits per heavy atom. The Hall–Kier alpha value is -3.42. The van der Waals surface area contributed by atoms with Crippen LogP contribution in [-0.2, 0) is 9.59 Å². The minimum Gasteiger partial charge on any atom is -0.326 e. The molecule has 0 bridgehead atoms. The molecule has 7 heteroatoms. The van der Waals surface area contributed by atoms with Crippen molar-refractivity contribution < 1.29 is 9.59 Å². The van der Waals surface area contributed by atoms with Gasteiger partial charge in [0.05, 0.1) is 5.69 Å². The Kier molecular flexibility index (Phi) is 8.69. The van der Waals surface area contributed by atoms with Gasteiger partial charge >= 0.3 is 0 Å². The van der Waals surface area contributed by atoms with E-state index in [2.05, 4.69) is 41.8 Å². The monoisotopic (exact) mass is 543 g/mol. The highest BCUT2D eigenvalue weighted by atomic mass is 32.2. The summed E-state index contributed by atoms with van der Waals surface area (Å²) in [6.45, 7) is 10.2. The summed E-state index contributed by atoms with van der Waals surface area (Å²) >= 11 is 2.95. The first-order valence-electron chi connectivity index (χ1n) is 12.5. The SMILES string of the molecule is Cc1ccc(-c2nc(NC(=O)C(Sc3ccc(NC(=O)CC(C)(C)C)cc3)c3ccccc3)sc2C)cc1. The third-order valence-corrected chi connectivity index (χ3v) is 7.93. The van der Waals surface area contributed by atoms with Gasteiger partial charge in [-0.1, -0.05) is 80.9 Å². The van der Waals surface area contributed by atoms with Crippen molar-refractivity contribution in [2.75, 3.05) is 10.6 Å². The first-order chi connectivity index (χ1) is 18.1. The van der Waals surface area contributed by atoms with Crippen molar-refractivity contribution in [2.24, 2.45) is 5.41 Å². The summed E-state index contributed by atoms with van der Waals surface area (Å²) in [5.41, 5.74) is 4.69.